The maximum atomic E-state index is 13.3. The molecule has 1 amide bonds. The van der Waals surface area contributed by atoms with E-state index in [9.17, 15) is 14.1 Å². The standard InChI is InChI=1S/C16H15N3O3S2/c1-4-24(22)12-8-6-5-7-11(12)14(20)13(19(24)3)15(21)18-16-17-9-10(2)23-16/h5-9,20H,1H2,2-3H3,(H,17,18,21). The largest absolute Gasteiger partial charge is 0.505 e. The minimum absolute atomic E-state index is 0.109. The lowest BCUT2D eigenvalue weighted by Crippen LogP contribution is -2.37. The first kappa shape index (κ1) is 16.3. The van der Waals surface area contributed by atoms with Crippen molar-refractivity contribution in [2.45, 2.75) is 11.8 Å². The van der Waals surface area contributed by atoms with Crippen molar-refractivity contribution in [3.8, 4) is 0 Å². The fraction of sp³-hybridized carbons (Fsp3) is 0.125. The third kappa shape index (κ3) is 2.41. The van der Waals surface area contributed by atoms with Crippen LogP contribution in [0, 0.1) is 6.92 Å². The quantitative estimate of drug-likeness (QED) is 0.805. The van der Waals surface area contributed by atoms with Crippen molar-refractivity contribution in [1.82, 2.24) is 9.29 Å². The Hall–Kier alpha value is -2.54. The van der Waals surface area contributed by atoms with E-state index in [2.05, 4.69) is 21.9 Å². The second-order valence-electron chi connectivity index (χ2n) is 5.09. The number of rotatable bonds is 2. The van der Waals surface area contributed by atoms with Gasteiger partial charge in [-0.3, -0.25) is 14.4 Å². The van der Waals surface area contributed by atoms with Crippen molar-refractivity contribution >= 4 is 42.9 Å². The summed E-state index contributed by atoms with van der Waals surface area (Å²) in [4.78, 5) is 18.0. The number of anilines is 1. The average Bonchev–Trinajstić information content (AvgIpc) is 2.98. The van der Waals surface area contributed by atoms with Crippen molar-refractivity contribution in [1.29, 1.82) is 0 Å². The Balaban J connectivity index is 2.15. The van der Waals surface area contributed by atoms with Crippen LogP contribution in [0.4, 0.5) is 5.13 Å². The lowest BCUT2D eigenvalue weighted by molar-refractivity contribution is -0.113. The van der Waals surface area contributed by atoms with E-state index < -0.39 is 15.6 Å². The number of aromatic nitrogens is 1. The van der Waals surface area contributed by atoms with Crippen molar-refractivity contribution in [2.24, 2.45) is 0 Å². The highest BCUT2D eigenvalue weighted by atomic mass is 32.2. The van der Waals surface area contributed by atoms with Crippen molar-refractivity contribution in [3.63, 3.8) is 0 Å². The van der Waals surface area contributed by atoms with Gasteiger partial charge in [0.1, 0.15) is 9.71 Å². The number of benzene rings is 1. The summed E-state index contributed by atoms with van der Waals surface area (Å²) < 4.78 is 14.5. The molecule has 2 heterocycles. The second kappa shape index (κ2) is 5.83. The molecular weight excluding hydrogens is 346 g/mol. The van der Waals surface area contributed by atoms with Gasteiger partial charge in [0, 0.05) is 23.7 Å². The molecule has 1 unspecified atom stereocenters. The molecule has 1 atom stereocenters. The number of fused-ring (bicyclic) bond motifs is 1. The maximum absolute atomic E-state index is 13.3. The zero-order valence-electron chi connectivity index (χ0n) is 13.1. The number of likely N-dealkylation sites (N-methyl/N-ethyl adjacent to an activating group) is 1. The molecular formula is C16H15N3O3S2. The molecule has 124 valence electrons. The Labute approximate surface area is 143 Å². The fourth-order valence-electron chi connectivity index (χ4n) is 2.45. The molecule has 0 saturated carbocycles. The molecule has 0 bridgehead atoms. The number of amides is 1. The van der Waals surface area contributed by atoms with Crippen LogP contribution in [0.2, 0.25) is 0 Å². The van der Waals surface area contributed by atoms with Crippen LogP contribution in [0.1, 0.15) is 10.4 Å². The summed E-state index contributed by atoms with van der Waals surface area (Å²) in [5.74, 6) is -0.838. The van der Waals surface area contributed by atoms with Crippen LogP contribution in [-0.2, 0) is 14.5 Å². The molecule has 1 aromatic heterocycles. The Morgan fingerprint density at radius 1 is 1.46 bits per heavy atom. The average molecular weight is 361 g/mol. The number of carbonyl (C=O) groups is 1. The summed E-state index contributed by atoms with van der Waals surface area (Å²) in [5, 5.41) is 16.1. The number of hydrogen-bond acceptors (Lipinski definition) is 5. The van der Waals surface area contributed by atoms with Gasteiger partial charge in [0.15, 0.2) is 16.6 Å². The Kier molecular flexibility index (Phi) is 3.96. The number of aliphatic hydroxyl groups excluding tert-OH is 1. The molecule has 2 N–H and O–H groups in total. The van der Waals surface area contributed by atoms with Crippen LogP contribution < -0.4 is 5.32 Å². The molecule has 2 aromatic rings. The van der Waals surface area contributed by atoms with Gasteiger partial charge in [-0.1, -0.05) is 12.1 Å². The topological polar surface area (TPSA) is 82.5 Å². The monoisotopic (exact) mass is 361 g/mol. The molecule has 0 spiro atoms. The third-order valence-corrected chi connectivity index (χ3v) is 6.74. The minimum atomic E-state index is -3.00. The molecule has 6 nitrogen and oxygen atoms in total. The first-order chi connectivity index (χ1) is 11.4. The van der Waals surface area contributed by atoms with E-state index in [4.69, 9.17) is 0 Å². The van der Waals surface area contributed by atoms with Gasteiger partial charge >= 0.3 is 0 Å². The van der Waals surface area contributed by atoms with Gasteiger partial charge in [-0.15, -0.1) is 11.3 Å². The number of thiazole rings is 1. The first-order valence-corrected chi connectivity index (χ1v) is 9.30. The predicted octanol–water partition coefficient (Wildman–Crippen LogP) is 2.41. The van der Waals surface area contributed by atoms with Crippen LogP contribution in [0.5, 0.6) is 0 Å². The van der Waals surface area contributed by atoms with Crippen LogP contribution in [-0.4, -0.2) is 36.6 Å². The van der Waals surface area contributed by atoms with Crippen LogP contribution in [0.25, 0.3) is 5.76 Å². The van der Waals surface area contributed by atoms with E-state index in [1.165, 1.54) is 22.7 Å². The highest BCUT2D eigenvalue weighted by Gasteiger charge is 2.35. The summed E-state index contributed by atoms with van der Waals surface area (Å²) in [7, 11) is -1.54. The number of carbonyl (C=O) groups excluding carboxylic acids is 1. The number of hydrogen-bond donors (Lipinski definition) is 2. The Morgan fingerprint density at radius 2 is 2.17 bits per heavy atom. The molecule has 0 aliphatic carbocycles. The van der Waals surface area contributed by atoms with Crippen molar-refractivity contribution < 1.29 is 14.1 Å². The SMILES string of the molecule is C=C=S1(=O)c2ccccc2C(O)=C(C(=O)Nc2ncc(C)s2)N1C. The summed E-state index contributed by atoms with van der Waals surface area (Å²) in [6.45, 7) is 5.39. The number of nitrogens with one attached hydrogen (secondary N) is 1. The molecule has 3 rings (SSSR count). The van der Waals surface area contributed by atoms with Gasteiger partial charge < -0.3 is 5.11 Å². The Bertz CT molecular complexity index is 1010. The second-order valence-corrected chi connectivity index (χ2v) is 8.65. The van der Waals surface area contributed by atoms with Gasteiger partial charge in [0.05, 0.1) is 4.90 Å². The van der Waals surface area contributed by atoms with E-state index in [1.807, 2.05) is 6.92 Å². The molecule has 0 radical (unpaired) electrons. The van der Waals surface area contributed by atoms with E-state index in [0.29, 0.717) is 15.6 Å². The van der Waals surface area contributed by atoms with E-state index >= 15 is 0 Å². The molecule has 1 aromatic carbocycles. The smallest absolute Gasteiger partial charge is 0.278 e. The first-order valence-electron chi connectivity index (χ1n) is 6.97. The summed E-state index contributed by atoms with van der Waals surface area (Å²) in [6.07, 6.45) is 1.63. The van der Waals surface area contributed by atoms with Gasteiger partial charge in [0.2, 0.25) is 0 Å². The summed E-state index contributed by atoms with van der Waals surface area (Å²) in [6, 6.07) is 6.64. The summed E-state index contributed by atoms with van der Waals surface area (Å²) >= 11 is 1.31. The van der Waals surface area contributed by atoms with Gasteiger partial charge in [-0.05, 0) is 30.7 Å². The molecule has 1 aliphatic heterocycles. The van der Waals surface area contributed by atoms with Gasteiger partial charge in [-0.25, -0.2) is 9.19 Å². The molecule has 24 heavy (non-hydrogen) atoms. The van der Waals surface area contributed by atoms with E-state index in [-0.39, 0.29) is 11.5 Å². The van der Waals surface area contributed by atoms with Crippen molar-refractivity contribution in [3.05, 3.63) is 53.2 Å². The third-order valence-electron chi connectivity index (χ3n) is 3.62. The normalized spacial score (nSPS) is 19.7. The number of nitrogens with zero attached hydrogens (tertiary/aromatic N) is 2. The number of aliphatic hydroxyl groups is 1. The van der Waals surface area contributed by atoms with E-state index in [1.54, 1.807) is 30.5 Å². The molecule has 1 aliphatic rings. The highest BCUT2D eigenvalue weighted by Crippen LogP contribution is 2.35. The van der Waals surface area contributed by atoms with Crippen LogP contribution >= 0.6 is 11.3 Å². The lowest BCUT2D eigenvalue weighted by atomic mass is 10.1. The van der Waals surface area contributed by atoms with Crippen molar-refractivity contribution in [2.75, 3.05) is 12.4 Å². The zero-order chi connectivity index (χ0) is 17.5. The Morgan fingerprint density at radius 3 is 2.79 bits per heavy atom. The highest BCUT2D eigenvalue weighted by molar-refractivity contribution is 7.99. The lowest BCUT2D eigenvalue weighted by Gasteiger charge is -2.31. The predicted molar refractivity (Wildman–Crippen MR) is 96.3 cm³/mol. The maximum Gasteiger partial charge on any atom is 0.278 e. The molecule has 0 saturated heterocycles. The summed E-state index contributed by atoms with van der Waals surface area (Å²) in [5.41, 5.74) is 0.222. The van der Waals surface area contributed by atoms with Crippen LogP contribution in [0.15, 0.2) is 47.6 Å². The molecule has 0 fully saturated rings. The fourth-order valence-corrected chi connectivity index (χ4v) is 4.91. The molecule has 8 heteroatoms. The van der Waals surface area contributed by atoms with Gasteiger partial charge in [-0.2, -0.15) is 0 Å². The van der Waals surface area contributed by atoms with Crippen LogP contribution in [0.3, 0.4) is 0 Å². The van der Waals surface area contributed by atoms with E-state index in [0.717, 1.165) is 4.88 Å². The zero-order valence-corrected chi connectivity index (χ0v) is 14.7. The minimum Gasteiger partial charge on any atom is -0.505 e. The number of aryl methyl sites for hydroxylation is 1. The van der Waals surface area contributed by atoms with Gasteiger partial charge in [0.25, 0.3) is 5.91 Å².